The summed E-state index contributed by atoms with van der Waals surface area (Å²) in [7, 11) is 0. The van der Waals surface area contributed by atoms with Crippen molar-refractivity contribution in [3.05, 3.63) is 26.6 Å². The molecule has 5 nitrogen and oxygen atoms in total. The molecular weight excluding hydrogens is 382 g/mol. The van der Waals surface area contributed by atoms with Crippen LogP contribution < -0.4 is 5.32 Å². The predicted molar refractivity (Wildman–Crippen MR) is 78.3 cm³/mol. The van der Waals surface area contributed by atoms with Crippen molar-refractivity contribution in [3.8, 4) is 0 Å². The number of aryl methyl sites for hydroxylation is 1. The van der Waals surface area contributed by atoms with Gasteiger partial charge in [-0.15, -0.1) is 0 Å². The van der Waals surface area contributed by atoms with E-state index in [4.69, 9.17) is 9.84 Å². The Bertz CT molecular complexity index is 481. The average Bonchev–Trinajstić information content (AvgIpc) is 2.30. The minimum atomic E-state index is -1.11. The van der Waals surface area contributed by atoms with E-state index in [1.807, 2.05) is 19.1 Å². The van der Waals surface area contributed by atoms with E-state index in [0.29, 0.717) is 5.69 Å². The van der Waals surface area contributed by atoms with Crippen LogP contribution in [0.25, 0.3) is 0 Å². The molecule has 7 heteroatoms. The molecule has 0 saturated carbocycles. The number of amides is 1. The molecule has 0 aliphatic heterocycles. The second-order valence-corrected chi connectivity index (χ2v) is 5.65. The molecule has 104 valence electrons. The Morgan fingerprint density at radius 1 is 1.37 bits per heavy atom. The third-order valence-corrected chi connectivity index (χ3v) is 3.51. The van der Waals surface area contributed by atoms with Crippen LogP contribution in [0.4, 0.5) is 5.69 Å². The summed E-state index contributed by atoms with van der Waals surface area (Å²) < 4.78 is 6.37. The summed E-state index contributed by atoms with van der Waals surface area (Å²) in [6, 6.07) is 3.72. The van der Waals surface area contributed by atoms with Crippen LogP contribution in [0, 0.1) is 6.92 Å². The highest BCUT2D eigenvalue weighted by Crippen LogP contribution is 2.32. The number of ether oxygens (including phenoxy) is 1. The molecule has 0 aliphatic carbocycles. The molecule has 0 aromatic heterocycles. The van der Waals surface area contributed by atoms with Gasteiger partial charge in [-0.2, -0.15) is 0 Å². The molecule has 2 N–H and O–H groups in total. The van der Waals surface area contributed by atoms with Crippen LogP contribution in [0.1, 0.15) is 12.5 Å². The van der Waals surface area contributed by atoms with Crippen LogP contribution in [-0.2, 0) is 14.3 Å². The standard InChI is InChI=1S/C12H13Br2NO4/c1-6-3-8(13)11(9(14)4-6)15-10(16)5-19-7(2)12(17)18/h3-4,7H,5H2,1-2H3,(H,15,16)(H,17,18)/t7-/m0/s1. The van der Waals surface area contributed by atoms with E-state index in [-0.39, 0.29) is 6.61 Å². The minimum absolute atomic E-state index is 0.319. The molecule has 0 heterocycles. The molecule has 0 radical (unpaired) electrons. The Kier molecular flexibility index (Phi) is 5.96. The number of hydrogen-bond acceptors (Lipinski definition) is 3. The first kappa shape index (κ1) is 16.1. The summed E-state index contributed by atoms with van der Waals surface area (Å²) in [5.41, 5.74) is 1.62. The van der Waals surface area contributed by atoms with Crippen molar-refractivity contribution < 1.29 is 19.4 Å². The number of aliphatic carboxylic acids is 1. The highest BCUT2D eigenvalue weighted by molar-refractivity contribution is 9.11. The number of rotatable bonds is 5. The lowest BCUT2D eigenvalue weighted by atomic mass is 10.2. The van der Waals surface area contributed by atoms with E-state index < -0.39 is 18.0 Å². The Hall–Kier alpha value is -0.920. The van der Waals surface area contributed by atoms with Crippen LogP contribution in [0.3, 0.4) is 0 Å². The monoisotopic (exact) mass is 393 g/mol. The largest absolute Gasteiger partial charge is 0.479 e. The third kappa shape index (κ3) is 4.93. The number of hydrogen-bond donors (Lipinski definition) is 2. The maximum Gasteiger partial charge on any atom is 0.332 e. The van der Waals surface area contributed by atoms with Gasteiger partial charge in [0, 0.05) is 8.95 Å². The molecule has 1 aromatic carbocycles. The molecular formula is C12H13Br2NO4. The fourth-order valence-electron chi connectivity index (χ4n) is 1.27. The molecule has 1 atom stereocenters. The normalized spacial score (nSPS) is 12.0. The molecule has 0 bridgehead atoms. The number of halogens is 2. The van der Waals surface area contributed by atoms with E-state index in [1.54, 1.807) is 0 Å². The Morgan fingerprint density at radius 3 is 2.37 bits per heavy atom. The van der Waals surface area contributed by atoms with E-state index in [9.17, 15) is 9.59 Å². The second-order valence-electron chi connectivity index (χ2n) is 3.94. The summed E-state index contributed by atoms with van der Waals surface area (Å²) in [6.07, 6.45) is -1.02. The maximum atomic E-state index is 11.7. The third-order valence-electron chi connectivity index (χ3n) is 2.26. The first-order valence-corrected chi connectivity index (χ1v) is 6.99. The second kappa shape index (κ2) is 7.02. The number of anilines is 1. The van der Waals surface area contributed by atoms with Gasteiger partial charge in [0.25, 0.3) is 0 Å². The van der Waals surface area contributed by atoms with Crippen molar-refractivity contribution in [3.63, 3.8) is 0 Å². The van der Waals surface area contributed by atoms with Crippen molar-refractivity contribution in [2.75, 3.05) is 11.9 Å². The molecule has 0 unspecified atom stereocenters. The van der Waals surface area contributed by atoms with Gasteiger partial charge in [0.2, 0.25) is 5.91 Å². The molecule has 0 aliphatic rings. The lowest BCUT2D eigenvalue weighted by molar-refractivity contribution is -0.150. The first-order chi connectivity index (χ1) is 8.81. The van der Waals surface area contributed by atoms with Gasteiger partial charge in [-0.3, -0.25) is 4.79 Å². The van der Waals surface area contributed by atoms with Gasteiger partial charge in [0.15, 0.2) is 6.10 Å². The molecule has 19 heavy (non-hydrogen) atoms. The lowest BCUT2D eigenvalue weighted by Crippen LogP contribution is -2.26. The minimum Gasteiger partial charge on any atom is -0.479 e. The number of carboxylic acids is 1. The number of carbonyl (C=O) groups is 2. The van der Waals surface area contributed by atoms with Crippen LogP contribution in [-0.4, -0.2) is 29.7 Å². The van der Waals surface area contributed by atoms with E-state index in [0.717, 1.165) is 14.5 Å². The van der Waals surface area contributed by atoms with Gasteiger partial charge in [0.05, 0.1) is 5.69 Å². The zero-order valence-electron chi connectivity index (χ0n) is 10.4. The van der Waals surface area contributed by atoms with Gasteiger partial charge in [-0.1, -0.05) is 0 Å². The summed E-state index contributed by atoms with van der Waals surface area (Å²) >= 11 is 6.70. The first-order valence-electron chi connectivity index (χ1n) is 5.41. The fraction of sp³-hybridized carbons (Fsp3) is 0.333. The number of carboxylic acid groups (broad SMARTS) is 1. The molecule has 1 amide bonds. The number of nitrogens with one attached hydrogen (secondary N) is 1. The van der Waals surface area contributed by atoms with Crippen LogP contribution in [0.2, 0.25) is 0 Å². The van der Waals surface area contributed by atoms with Gasteiger partial charge in [-0.05, 0) is 63.4 Å². The summed E-state index contributed by atoms with van der Waals surface area (Å²) in [5, 5.41) is 11.3. The molecule has 0 saturated heterocycles. The highest BCUT2D eigenvalue weighted by atomic mass is 79.9. The number of benzene rings is 1. The topological polar surface area (TPSA) is 75.6 Å². The van der Waals surface area contributed by atoms with E-state index in [1.165, 1.54) is 6.92 Å². The van der Waals surface area contributed by atoms with Crippen molar-refractivity contribution in [1.29, 1.82) is 0 Å². The molecule has 0 spiro atoms. The van der Waals surface area contributed by atoms with Gasteiger partial charge in [0.1, 0.15) is 6.61 Å². The van der Waals surface area contributed by atoms with E-state index in [2.05, 4.69) is 37.2 Å². The zero-order valence-corrected chi connectivity index (χ0v) is 13.5. The number of carbonyl (C=O) groups excluding carboxylic acids is 1. The summed E-state index contributed by atoms with van der Waals surface area (Å²) in [5.74, 6) is -1.52. The lowest BCUT2D eigenvalue weighted by Gasteiger charge is -2.12. The van der Waals surface area contributed by atoms with Crippen LogP contribution in [0.15, 0.2) is 21.1 Å². The van der Waals surface area contributed by atoms with Crippen molar-refractivity contribution >= 4 is 49.4 Å². The predicted octanol–water partition coefficient (Wildman–Crippen LogP) is 2.95. The zero-order chi connectivity index (χ0) is 14.6. The summed E-state index contributed by atoms with van der Waals surface area (Å²) in [4.78, 5) is 22.2. The molecule has 1 aromatic rings. The highest BCUT2D eigenvalue weighted by Gasteiger charge is 2.15. The Balaban J connectivity index is 2.65. The van der Waals surface area contributed by atoms with Gasteiger partial charge < -0.3 is 15.2 Å². The molecule has 1 rings (SSSR count). The van der Waals surface area contributed by atoms with Gasteiger partial charge in [-0.25, -0.2) is 4.79 Å². The smallest absolute Gasteiger partial charge is 0.332 e. The van der Waals surface area contributed by atoms with Crippen molar-refractivity contribution in [2.45, 2.75) is 20.0 Å². The fourth-order valence-corrected chi connectivity index (χ4v) is 2.88. The van der Waals surface area contributed by atoms with Gasteiger partial charge >= 0.3 is 5.97 Å². The van der Waals surface area contributed by atoms with Crippen LogP contribution >= 0.6 is 31.9 Å². The maximum absolute atomic E-state index is 11.7. The SMILES string of the molecule is Cc1cc(Br)c(NC(=O)CO[C@@H](C)C(=O)O)c(Br)c1. The Morgan fingerprint density at radius 2 is 1.89 bits per heavy atom. The quantitative estimate of drug-likeness (QED) is 0.804. The van der Waals surface area contributed by atoms with Crippen molar-refractivity contribution in [1.82, 2.24) is 0 Å². The average molecular weight is 395 g/mol. The molecule has 0 fully saturated rings. The van der Waals surface area contributed by atoms with E-state index >= 15 is 0 Å². The van der Waals surface area contributed by atoms with Crippen LogP contribution in [0.5, 0.6) is 0 Å². The van der Waals surface area contributed by atoms with Crippen molar-refractivity contribution in [2.24, 2.45) is 0 Å². The summed E-state index contributed by atoms with van der Waals surface area (Å²) in [6.45, 7) is 2.98. The Labute approximate surface area is 127 Å².